The van der Waals surface area contributed by atoms with E-state index in [1.807, 2.05) is 20.8 Å². The topological polar surface area (TPSA) is 67.4 Å². The molecular weight excluding hydrogens is 276 g/mol. The van der Waals surface area contributed by atoms with Crippen molar-refractivity contribution in [2.45, 2.75) is 38.1 Å². The predicted molar refractivity (Wildman–Crippen MR) is 80.6 cm³/mol. The molecule has 20 heavy (non-hydrogen) atoms. The minimum Gasteiger partial charge on any atom is -0.492 e. The molecule has 1 unspecified atom stereocenters. The Bertz CT molecular complexity index is 486. The first-order valence-corrected chi connectivity index (χ1v) is 8.43. The summed E-state index contributed by atoms with van der Waals surface area (Å²) in [5, 5.41) is 3.15. The quantitative estimate of drug-likeness (QED) is 0.682. The second kappa shape index (κ2) is 8.24. The van der Waals surface area contributed by atoms with Crippen molar-refractivity contribution in [2.24, 2.45) is 0 Å². The Hall–Kier alpha value is -1.11. The van der Waals surface area contributed by atoms with Crippen LogP contribution in [0.5, 0.6) is 5.75 Å². The second-order valence-corrected chi connectivity index (χ2v) is 6.32. The third-order valence-electron chi connectivity index (χ3n) is 2.90. The van der Waals surface area contributed by atoms with Crippen LogP contribution in [0.25, 0.3) is 0 Å². The summed E-state index contributed by atoms with van der Waals surface area (Å²) in [5.74, 6) is 0.672. The standard InChI is InChI=1S/C14H24N2O3S/c1-4-12(3)16-20(17,18)14-8-6-13(7-9-14)19-11-10-15-5-2/h6-9,12,15-16H,4-5,10-11H2,1-3H3. The Morgan fingerprint density at radius 1 is 1.20 bits per heavy atom. The van der Waals surface area contributed by atoms with Gasteiger partial charge in [-0.3, -0.25) is 0 Å². The van der Waals surface area contributed by atoms with Gasteiger partial charge < -0.3 is 10.1 Å². The molecule has 0 aliphatic heterocycles. The highest BCUT2D eigenvalue weighted by Gasteiger charge is 2.16. The average molecular weight is 300 g/mol. The van der Waals surface area contributed by atoms with Crippen LogP contribution >= 0.6 is 0 Å². The van der Waals surface area contributed by atoms with Crippen molar-refractivity contribution in [3.05, 3.63) is 24.3 Å². The summed E-state index contributed by atoms with van der Waals surface area (Å²) in [5.41, 5.74) is 0. The molecule has 1 rings (SSSR count). The zero-order chi connectivity index (χ0) is 15.0. The molecule has 6 heteroatoms. The monoisotopic (exact) mass is 300 g/mol. The van der Waals surface area contributed by atoms with Crippen molar-refractivity contribution < 1.29 is 13.2 Å². The first-order valence-electron chi connectivity index (χ1n) is 6.95. The molecule has 2 N–H and O–H groups in total. The van der Waals surface area contributed by atoms with Crippen LogP contribution in [0.4, 0.5) is 0 Å². The summed E-state index contributed by atoms with van der Waals surface area (Å²) in [6, 6.07) is 6.41. The van der Waals surface area contributed by atoms with Gasteiger partial charge >= 0.3 is 0 Å². The molecule has 0 aromatic heterocycles. The zero-order valence-corrected chi connectivity index (χ0v) is 13.2. The largest absolute Gasteiger partial charge is 0.492 e. The fourth-order valence-corrected chi connectivity index (χ4v) is 2.88. The molecule has 0 fully saturated rings. The molecule has 0 aliphatic rings. The van der Waals surface area contributed by atoms with E-state index in [-0.39, 0.29) is 10.9 Å². The Morgan fingerprint density at radius 3 is 2.40 bits per heavy atom. The second-order valence-electron chi connectivity index (χ2n) is 4.60. The van der Waals surface area contributed by atoms with Gasteiger partial charge in [0, 0.05) is 12.6 Å². The van der Waals surface area contributed by atoms with Crippen molar-refractivity contribution >= 4 is 10.0 Å². The highest BCUT2D eigenvalue weighted by atomic mass is 32.2. The number of likely N-dealkylation sites (N-methyl/N-ethyl adjacent to an activating group) is 1. The van der Waals surface area contributed by atoms with Crippen LogP contribution in [0, 0.1) is 0 Å². The lowest BCUT2D eigenvalue weighted by molar-refractivity contribution is 0.315. The van der Waals surface area contributed by atoms with E-state index in [1.165, 1.54) is 0 Å². The van der Waals surface area contributed by atoms with Crippen LogP contribution in [0.1, 0.15) is 27.2 Å². The zero-order valence-electron chi connectivity index (χ0n) is 12.3. The Labute approximate surface area is 121 Å². The van der Waals surface area contributed by atoms with Gasteiger partial charge in [-0.15, -0.1) is 0 Å². The molecule has 0 saturated heterocycles. The fourth-order valence-electron chi connectivity index (χ4n) is 1.55. The third-order valence-corrected chi connectivity index (χ3v) is 4.51. The number of ether oxygens (including phenoxy) is 1. The maximum Gasteiger partial charge on any atom is 0.240 e. The molecule has 0 radical (unpaired) electrons. The first kappa shape index (κ1) is 16.9. The van der Waals surface area contributed by atoms with Crippen LogP contribution in [0.2, 0.25) is 0 Å². The maximum absolute atomic E-state index is 12.1. The van der Waals surface area contributed by atoms with E-state index < -0.39 is 10.0 Å². The molecule has 1 atom stereocenters. The summed E-state index contributed by atoms with van der Waals surface area (Å²) in [7, 11) is -3.44. The normalized spacial score (nSPS) is 13.2. The van der Waals surface area contributed by atoms with E-state index in [1.54, 1.807) is 24.3 Å². The molecule has 0 amide bonds. The number of sulfonamides is 1. The van der Waals surface area contributed by atoms with Gasteiger partial charge in [-0.2, -0.15) is 0 Å². The average Bonchev–Trinajstić information content (AvgIpc) is 2.43. The molecule has 0 aliphatic carbocycles. The van der Waals surface area contributed by atoms with E-state index in [9.17, 15) is 8.42 Å². The van der Waals surface area contributed by atoms with E-state index >= 15 is 0 Å². The Kier molecular flexibility index (Phi) is 6.98. The fraction of sp³-hybridized carbons (Fsp3) is 0.571. The smallest absolute Gasteiger partial charge is 0.240 e. The molecule has 5 nitrogen and oxygen atoms in total. The Balaban J connectivity index is 2.61. The molecule has 0 heterocycles. The molecule has 114 valence electrons. The molecule has 0 saturated carbocycles. The van der Waals surface area contributed by atoms with Crippen LogP contribution in [0.3, 0.4) is 0 Å². The molecule has 1 aromatic rings. The lowest BCUT2D eigenvalue weighted by atomic mass is 10.3. The minimum atomic E-state index is -3.44. The number of hydrogen-bond donors (Lipinski definition) is 2. The number of benzene rings is 1. The van der Waals surface area contributed by atoms with Crippen LogP contribution in [0.15, 0.2) is 29.2 Å². The lowest BCUT2D eigenvalue weighted by Gasteiger charge is -2.12. The number of nitrogens with one attached hydrogen (secondary N) is 2. The SMILES string of the molecule is CCNCCOc1ccc(S(=O)(=O)NC(C)CC)cc1. The van der Waals surface area contributed by atoms with Gasteiger partial charge in [-0.1, -0.05) is 13.8 Å². The van der Waals surface area contributed by atoms with Gasteiger partial charge in [0.2, 0.25) is 10.0 Å². The van der Waals surface area contributed by atoms with Crippen molar-refractivity contribution in [3.8, 4) is 5.75 Å². The van der Waals surface area contributed by atoms with E-state index in [0.29, 0.717) is 12.4 Å². The number of rotatable bonds is 9. The van der Waals surface area contributed by atoms with Crippen molar-refractivity contribution in [1.29, 1.82) is 0 Å². The molecule has 0 bridgehead atoms. The summed E-state index contributed by atoms with van der Waals surface area (Å²) < 4.78 is 32.2. The molecule has 1 aromatic carbocycles. The van der Waals surface area contributed by atoms with Crippen molar-refractivity contribution in [2.75, 3.05) is 19.7 Å². The van der Waals surface area contributed by atoms with Gasteiger partial charge in [0.05, 0.1) is 4.90 Å². The molecular formula is C14H24N2O3S. The Morgan fingerprint density at radius 2 is 1.85 bits per heavy atom. The third kappa shape index (κ3) is 5.48. The first-order chi connectivity index (χ1) is 9.49. The van der Waals surface area contributed by atoms with Crippen molar-refractivity contribution in [3.63, 3.8) is 0 Å². The van der Waals surface area contributed by atoms with Crippen molar-refractivity contribution in [1.82, 2.24) is 10.0 Å². The predicted octanol–water partition coefficient (Wildman–Crippen LogP) is 1.75. The summed E-state index contributed by atoms with van der Waals surface area (Å²) >= 11 is 0. The summed E-state index contributed by atoms with van der Waals surface area (Å²) in [6.45, 7) is 8.05. The van der Waals surface area contributed by atoms with E-state index in [0.717, 1.165) is 19.5 Å². The van der Waals surface area contributed by atoms with Crippen LogP contribution < -0.4 is 14.8 Å². The van der Waals surface area contributed by atoms with Gasteiger partial charge in [0.1, 0.15) is 12.4 Å². The maximum atomic E-state index is 12.1. The van der Waals surface area contributed by atoms with Gasteiger partial charge in [0.15, 0.2) is 0 Å². The lowest BCUT2D eigenvalue weighted by Crippen LogP contribution is -2.31. The van der Waals surface area contributed by atoms with E-state index in [2.05, 4.69) is 10.0 Å². The van der Waals surface area contributed by atoms with Crippen LogP contribution in [-0.2, 0) is 10.0 Å². The summed E-state index contributed by atoms with van der Waals surface area (Å²) in [6.07, 6.45) is 0.755. The van der Waals surface area contributed by atoms with Gasteiger partial charge in [-0.25, -0.2) is 13.1 Å². The highest BCUT2D eigenvalue weighted by molar-refractivity contribution is 7.89. The minimum absolute atomic E-state index is 0.0731. The van der Waals surface area contributed by atoms with E-state index in [4.69, 9.17) is 4.74 Å². The highest BCUT2D eigenvalue weighted by Crippen LogP contribution is 2.16. The van der Waals surface area contributed by atoms with Gasteiger partial charge in [-0.05, 0) is 44.2 Å². The molecule has 0 spiro atoms. The van der Waals surface area contributed by atoms with Crippen LogP contribution in [-0.4, -0.2) is 34.2 Å². The van der Waals surface area contributed by atoms with Gasteiger partial charge in [0.25, 0.3) is 0 Å². The number of hydrogen-bond acceptors (Lipinski definition) is 4. The summed E-state index contributed by atoms with van der Waals surface area (Å²) in [4.78, 5) is 0.261.